The molecule has 1 amide bonds. The quantitative estimate of drug-likeness (QED) is 0.806. The highest BCUT2D eigenvalue weighted by Crippen LogP contribution is 2.20. The zero-order valence-electron chi connectivity index (χ0n) is 14.4. The Morgan fingerprint density at radius 1 is 1.04 bits per heavy atom. The zero-order chi connectivity index (χ0) is 16.8. The van der Waals surface area contributed by atoms with Gasteiger partial charge in [0, 0.05) is 58.4 Å². The fourth-order valence-corrected chi connectivity index (χ4v) is 3.15. The summed E-state index contributed by atoms with van der Waals surface area (Å²) in [5.41, 5.74) is 1.19. The van der Waals surface area contributed by atoms with Crippen molar-refractivity contribution in [2.75, 3.05) is 70.5 Å². The summed E-state index contributed by atoms with van der Waals surface area (Å²) in [7, 11) is 0. The zero-order valence-corrected chi connectivity index (χ0v) is 14.4. The van der Waals surface area contributed by atoms with E-state index in [1.54, 1.807) is 6.92 Å². The highest BCUT2D eigenvalue weighted by atomic mass is 16.5. The Morgan fingerprint density at radius 2 is 1.71 bits per heavy atom. The van der Waals surface area contributed by atoms with Crippen molar-refractivity contribution in [3.63, 3.8) is 0 Å². The maximum absolute atomic E-state index is 11.4. The molecule has 0 radical (unpaired) electrons. The van der Waals surface area contributed by atoms with Gasteiger partial charge in [-0.15, -0.1) is 0 Å². The number of anilines is 1. The molecule has 0 spiro atoms. The summed E-state index contributed by atoms with van der Waals surface area (Å²) in [6.07, 6.45) is 0. The Morgan fingerprint density at radius 3 is 2.33 bits per heavy atom. The second-order valence-electron chi connectivity index (χ2n) is 6.29. The fourth-order valence-electron chi connectivity index (χ4n) is 3.15. The summed E-state index contributed by atoms with van der Waals surface area (Å²) in [5, 5.41) is 0. The molecule has 2 aliphatic heterocycles. The maximum atomic E-state index is 11.4. The van der Waals surface area contributed by atoms with Gasteiger partial charge in [0.2, 0.25) is 5.91 Å². The molecule has 0 saturated carbocycles. The minimum atomic E-state index is 0.165. The lowest BCUT2D eigenvalue weighted by molar-refractivity contribution is -0.129. The second kappa shape index (κ2) is 8.35. The lowest BCUT2D eigenvalue weighted by Gasteiger charge is -2.35. The minimum Gasteiger partial charge on any atom is -0.492 e. The summed E-state index contributed by atoms with van der Waals surface area (Å²) in [6, 6.07) is 8.28. The summed E-state index contributed by atoms with van der Waals surface area (Å²) in [4.78, 5) is 18.0. The molecule has 2 saturated heterocycles. The molecule has 24 heavy (non-hydrogen) atoms. The summed E-state index contributed by atoms with van der Waals surface area (Å²) in [5.74, 6) is 1.08. The van der Waals surface area contributed by atoms with E-state index in [1.165, 1.54) is 5.69 Å². The lowest BCUT2D eigenvalue weighted by atomic mass is 10.2. The van der Waals surface area contributed by atoms with Crippen LogP contribution in [0, 0.1) is 0 Å². The molecule has 1 aromatic rings. The third-order valence-corrected chi connectivity index (χ3v) is 4.71. The van der Waals surface area contributed by atoms with Crippen molar-refractivity contribution in [1.29, 1.82) is 0 Å². The lowest BCUT2D eigenvalue weighted by Crippen LogP contribution is -2.48. The molecule has 0 aromatic heterocycles. The van der Waals surface area contributed by atoms with Gasteiger partial charge in [-0.3, -0.25) is 9.69 Å². The summed E-state index contributed by atoms with van der Waals surface area (Å²) in [6.45, 7) is 10.3. The molecule has 1 aromatic carbocycles. The third kappa shape index (κ3) is 4.61. The molecule has 2 fully saturated rings. The molecule has 3 rings (SSSR count). The Hall–Kier alpha value is -1.79. The van der Waals surface area contributed by atoms with E-state index in [1.807, 2.05) is 17.0 Å². The largest absolute Gasteiger partial charge is 0.492 e. The van der Waals surface area contributed by atoms with Gasteiger partial charge in [-0.2, -0.15) is 0 Å². The summed E-state index contributed by atoms with van der Waals surface area (Å²) >= 11 is 0. The number of piperazine rings is 1. The van der Waals surface area contributed by atoms with Crippen LogP contribution in [0.3, 0.4) is 0 Å². The molecule has 2 heterocycles. The van der Waals surface area contributed by atoms with Crippen molar-refractivity contribution < 1.29 is 14.3 Å². The second-order valence-corrected chi connectivity index (χ2v) is 6.29. The first-order chi connectivity index (χ1) is 11.7. The first-order valence-electron chi connectivity index (χ1n) is 8.76. The topological polar surface area (TPSA) is 45.2 Å². The van der Waals surface area contributed by atoms with Gasteiger partial charge >= 0.3 is 0 Å². The van der Waals surface area contributed by atoms with E-state index < -0.39 is 0 Å². The van der Waals surface area contributed by atoms with Crippen LogP contribution in [0.4, 0.5) is 5.69 Å². The molecular weight excluding hydrogens is 306 g/mol. The Bertz CT molecular complexity index is 521. The van der Waals surface area contributed by atoms with Gasteiger partial charge in [-0.05, 0) is 24.3 Å². The van der Waals surface area contributed by atoms with E-state index in [2.05, 4.69) is 21.9 Å². The van der Waals surface area contributed by atoms with Gasteiger partial charge in [0.1, 0.15) is 12.4 Å². The van der Waals surface area contributed by atoms with Crippen LogP contribution in [0.1, 0.15) is 6.92 Å². The standard InChI is InChI=1S/C18H27N3O3/c1-16(22)20-6-8-21(9-7-20)17-2-4-18(5-3-17)24-15-12-19-10-13-23-14-11-19/h2-5H,6-15H2,1H3. The van der Waals surface area contributed by atoms with Crippen LogP contribution >= 0.6 is 0 Å². The van der Waals surface area contributed by atoms with Crippen LogP contribution in [-0.4, -0.2) is 81.3 Å². The van der Waals surface area contributed by atoms with Crippen molar-refractivity contribution in [3.05, 3.63) is 24.3 Å². The van der Waals surface area contributed by atoms with E-state index in [4.69, 9.17) is 9.47 Å². The van der Waals surface area contributed by atoms with E-state index in [9.17, 15) is 4.79 Å². The van der Waals surface area contributed by atoms with Crippen LogP contribution in [0.2, 0.25) is 0 Å². The summed E-state index contributed by atoms with van der Waals surface area (Å²) < 4.78 is 11.2. The first kappa shape index (κ1) is 17.0. The monoisotopic (exact) mass is 333 g/mol. The molecule has 2 aliphatic rings. The third-order valence-electron chi connectivity index (χ3n) is 4.71. The number of nitrogens with zero attached hydrogens (tertiary/aromatic N) is 3. The number of morpholine rings is 1. The number of hydrogen-bond acceptors (Lipinski definition) is 5. The van der Waals surface area contributed by atoms with Crippen molar-refractivity contribution in [3.8, 4) is 5.75 Å². The number of carbonyl (C=O) groups is 1. The number of carbonyl (C=O) groups excluding carboxylic acids is 1. The van der Waals surface area contributed by atoms with Gasteiger partial charge in [0.25, 0.3) is 0 Å². The van der Waals surface area contributed by atoms with Crippen molar-refractivity contribution in [2.45, 2.75) is 6.92 Å². The highest BCUT2D eigenvalue weighted by molar-refractivity contribution is 5.73. The molecule has 0 N–H and O–H groups in total. The van der Waals surface area contributed by atoms with Gasteiger partial charge in [-0.1, -0.05) is 0 Å². The van der Waals surface area contributed by atoms with Crippen LogP contribution in [-0.2, 0) is 9.53 Å². The first-order valence-corrected chi connectivity index (χ1v) is 8.76. The SMILES string of the molecule is CC(=O)N1CCN(c2ccc(OCCN3CCOCC3)cc2)CC1. The van der Waals surface area contributed by atoms with E-state index in [0.29, 0.717) is 6.61 Å². The molecule has 0 unspecified atom stereocenters. The fraction of sp³-hybridized carbons (Fsp3) is 0.611. The molecular formula is C18H27N3O3. The highest BCUT2D eigenvalue weighted by Gasteiger charge is 2.18. The van der Waals surface area contributed by atoms with Crippen LogP contribution < -0.4 is 9.64 Å². The van der Waals surface area contributed by atoms with Gasteiger partial charge < -0.3 is 19.3 Å². The van der Waals surface area contributed by atoms with Gasteiger partial charge in [0.15, 0.2) is 0 Å². The van der Waals surface area contributed by atoms with Crippen molar-refractivity contribution in [1.82, 2.24) is 9.80 Å². The maximum Gasteiger partial charge on any atom is 0.219 e. The number of rotatable bonds is 5. The van der Waals surface area contributed by atoms with E-state index >= 15 is 0 Å². The molecule has 132 valence electrons. The number of ether oxygens (including phenoxy) is 2. The average Bonchev–Trinajstić information content (AvgIpc) is 2.63. The Balaban J connectivity index is 1.42. The smallest absolute Gasteiger partial charge is 0.219 e. The molecule has 0 atom stereocenters. The predicted molar refractivity (Wildman–Crippen MR) is 93.7 cm³/mol. The van der Waals surface area contributed by atoms with Gasteiger partial charge in [-0.25, -0.2) is 0 Å². The van der Waals surface area contributed by atoms with E-state index in [0.717, 1.165) is 64.8 Å². The minimum absolute atomic E-state index is 0.165. The predicted octanol–water partition coefficient (Wildman–Crippen LogP) is 1.07. The van der Waals surface area contributed by atoms with Crippen LogP contribution in [0.5, 0.6) is 5.75 Å². The molecule has 6 heteroatoms. The van der Waals surface area contributed by atoms with Crippen molar-refractivity contribution >= 4 is 11.6 Å². The molecule has 6 nitrogen and oxygen atoms in total. The van der Waals surface area contributed by atoms with Gasteiger partial charge in [0.05, 0.1) is 13.2 Å². The Labute approximate surface area is 143 Å². The number of benzene rings is 1. The van der Waals surface area contributed by atoms with E-state index in [-0.39, 0.29) is 5.91 Å². The average molecular weight is 333 g/mol. The molecule has 0 aliphatic carbocycles. The number of hydrogen-bond donors (Lipinski definition) is 0. The number of amides is 1. The van der Waals surface area contributed by atoms with Crippen LogP contribution in [0.25, 0.3) is 0 Å². The molecule has 0 bridgehead atoms. The Kier molecular flexibility index (Phi) is 5.93. The normalized spacial score (nSPS) is 19.4. The van der Waals surface area contributed by atoms with Crippen molar-refractivity contribution in [2.24, 2.45) is 0 Å². The van der Waals surface area contributed by atoms with Crippen LogP contribution in [0.15, 0.2) is 24.3 Å².